The lowest BCUT2D eigenvalue weighted by molar-refractivity contribution is -0.119. The van der Waals surface area contributed by atoms with Gasteiger partial charge in [-0.3, -0.25) is 9.78 Å². The molecule has 2 fully saturated rings. The molecule has 0 N–H and O–H groups in total. The predicted molar refractivity (Wildman–Crippen MR) is 119 cm³/mol. The Labute approximate surface area is 182 Å². The molecule has 4 heteroatoms. The highest BCUT2D eigenvalue weighted by molar-refractivity contribution is 5.83. The van der Waals surface area contributed by atoms with Gasteiger partial charge in [0.1, 0.15) is 17.3 Å². The number of nitrogens with zero attached hydrogens (tertiary/aromatic N) is 2. The van der Waals surface area contributed by atoms with E-state index < -0.39 is 0 Å². The first-order chi connectivity index (χ1) is 15.1. The van der Waals surface area contributed by atoms with Gasteiger partial charge in [0.05, 0.1) is 5.52 Å². The van der Waals surface area contributed by atoms with Crippen molar-refractivity contribution in [3.8, 4) is 12.3 Å². The lowest BCUT2D eigenvalue weighted by Crippen LogP contribution is -2.10. The van der Waals surface area contributed by atoms with Crippen LogP contribution in [-0.4, -0.2) is 15.8 Å². The van der Waals surface area contributed by atoms with Gasteiger partial charge in [-0.05, 0) is 90.8 Å². The average Bonchev–Trinajstić information content (AvgIpc) is 3.32. The molecule has 3 aromatic rings. The van der Waals surface area contributed by atoms with Gasteiger partial charge in [0.15, 0.2) is 0 Å². The second-order valence-electron chi connectivity index (χ2n) is 9.20. The Morgan fingerprint density at radius 3 is 2.58 bits per heavy atom. The van der Waals surface area contributed by atoms with Crippen molar-refractivity contribution in [2.45, 2.75) is 44.4 Å². The Kier molecular flexibility index (Phi) is 5.28. The molecule has 2 aliphatic rings. The Hall–Kier alpha value is -3.06. The van der Waals surface area contributed by atoms with Gasteiger partial charge >= 0.3 is 0 Å². The summed E-state index contributed by atoms with van der Waals surface area (Å²) in [7, 11) is 0. The quantitative estimate of drug-likeness (QED) is 0.522. The minimum atomic E-state index is -0.206. The Balaban J connectivity index is 1.20. The highest BCUT2D eigenvalue weighted by Gasteiger charge is 2.42. The molecule has 2 heterocycles. The number of fused-ring (bicyclic) bond motifs is 2. The van der Waals surface area contributed by atoms with Crippen molar-refractivity contribution in [1.82, 2.24) is 9.97 Å². The fourth-order valence-corrected chi connectivity index (χ4v) is 5.89. The van der Waals surface area contributed by atoms with E-state index in [-0.39, 0.29) is 11.6 Å². The number of benzene rings is 1. The van der Waals surface area contributed by atoms with E-state index >= 15 is 0 Å². The van der Waals surface area contributed by atoms with Crippen molar-refractivity contribution in [3.05, 3.63) is 71.4 Å². The van der Waals surface area contributed by atoms with Crippen molar-refractivity contribution in [2.24, 2.45) is 17.8 Å². The maximum atomic E-state index is 13.8. The molecule has 3 nitrogen and oxygen atoms in total. The Morgan fingerprint density at radius 2 is 1.87 bits per heavy atom. The van der Waals surface area contributed by atoms with Crippen LogP contribution < -0.4 is 0 Å². The fraction of sp³-hybridized carbons (Fsp3) is 0.370. The number of carbonyl (C=O) groups is 1. The number of pyridine rings is 2. The molecule has 0 amide bonds. The number of hydrogen-bond donors (Lipinski definition) is 0. The third kappa shape index (κ3) is 4.10. The van der Waals surface area contributed by atoms with Gasteiger partial charge in [-0.25, -0.2) is 9.37 Å². The minimum Gasteiger partial charge on any atom is -0.299 e. The molecule has 0 saturated heterocycles. The predicted octanol–water partition coefficient (Wildman–Crippen LogP) is 5.47. The minimum absolute atomic E-state index is 0.206. The second-order valence-corrected chi connectivity index (χ2v) is 9.20. The second kappa shape index (κ2) is 8.23. The summed E-state index contributed by atoms with van der Waals surface area (Å²) in [5, 5.41) is 0.948. The smallest absolute Gasteiger partial charge is 0.137 e. The maximum absolute atomic E-state index is 13.8. The topological polar surface area (TPSA) is 42.9 Å². The molecule has 31 heavy (non-hydrogen) atoms. The van der Waals surface area contributed by atoms with Crippen LogP contribution in [0.2, 0.25) is 0 Å². The number of halogens is 1. The van der Waals surface area contributed by atoms with Gasteiger partial charge in [-0.15, -0.1) is 6.42 Å². The van der Waals surface area contributed by atoms with Crippen molar-refractivity contribution in [3.63, 3.8) is 0 Å². The molecule has 0 spiro atoms. The van der Waals surface area contributed by atoms with Crippen LogP contribution in [0, 0.1) is 35.9 Å². The van der Waals surface area contributed by atoms with Crippen LogP contribution in [0.15, 0.2) is 48.8 Å². The molecule has 2 saturated carbocycles. The number of carbonyl (C=O) groups excluding carboxylic acids is 1. The zero-order chi connectivity index (χ0) is 21.4. The van der Waals surface area contributed by atoms with E-state index in [2.05, 4.69) is 22.0 Å². The van der Waals surface area contributed by atoms with Gasteiger partial charge in [0.2, 0.25) is 0 Å². The summed E-state index contributed by atoms with van der Waals surface area (Å²) in [5.41, 5.74) is 3.62. The van der Waals surface area contributed by atoms with Crippen LogP contribution in [0.1, 0.15) is 54.8 Å². The number of ketones is 1. The summed E-state index contributed by atoms with van der Waals surface area (Å²) in [6.45, 7) is 0. The van der Waals surface area contributed by atoms with Gasteiger partial charge in [0, 0.05) is 30.6 Å². The zero-order valence-corrected chi connectivity index (χ0v) is 17.4. The summed E-state index contributed by atoms with van der Waals surface area (Å²) in [6, 6.07) is 10.6. The highest BCUT2D eigenvalue weighted by Crippen LogP contribution is 2.53. The Morgan fingerprint density at radius 1 is 1.06 bits per heavy atom. The normalized spacial score (nSPS) is 24.8. The molecule has 2 aromatic heterocycles. The summed E-state index contributed by atoms with van der Waals surface area (Å²) in [4.78, 5) is 21.2. The largest absolute Gasteiger partial charge is 0.299 e. The Bertz CT molecular complexity index is 1150. The first kappa shape index (κ1) is 19.9. The summed E-state index contributed by atoms with van der Waals surface area (Å²) in [6.07, 6.45) is 14.5. The molecule has 0 radical (unpaired) electrons. The number of Topliss-reactive ketones (excluding diaryl/α,β-unsaturated/α-hetero) is 1. The van der Waals surface area contributed by atoms with Gasteiger partial charge < -0.3 is 0 Å². The van der Waals surface area contributed by atoms with Gasteiger partial charge in [-0.2, -0.15) is 0 Å². The molecule has 2 unspecified atom stereocenters. The third-order valence-corrected chi connectivity index (χ3v) is 7.18. The standard InChI is InChI=1S/C27H25FN2O/c1-2-23-5-3-17(16-30-23)11-24(31)12-18-9-19-13-21(14-20(19)10-18)25-7-8-29-27-6-4-22(28)15-26(25)27/h1,3-8,15-16,18-21H,9-14H2/t18?,19-,20+,21?. The molecule has 0 aliphatic heterocycles. The van der Waals surface area contributed by atoms with Crippen molar-refractivity contribution in [1.29, 1.82) is 0 Å². The van der Waals surface area contributed by atoms with Crippen LogP contribution in [0.3, 0.4) is 0 Å². The van der Waals surface area contributed by atoms with Crippen LogP contribution in [0.4, 0.5) is 4.39 Å². The van der Waals surface area contributed by atoms with Crippen molar-refractivity contribution < 1.29 is 9.18 Å². The summed E-state index contributed by atoms with van der Waals surface area (Å²) < 4.78 is 13.8. The first-order valence-corrected chi connectivity index (χ1v) is 11.1. The van der Waals surface area contributed by atoms with E-state index in [0.717, 1.165) is 42.1 Å². The fourth-order valence-electron chi connectivity index (χ4n) is 5.89. The van der Waals surface area contributed by atoms with Crippen molar-refractivity contribution >= 4 is 16.7 Å². The molecule has 5 rings (SSSR count). The average molecular weight is 413 g/mol. The number of rotatable bonds is 5. The van der Waals surface area contributed by atoms with Crippen LogP contribution in [0.5, 0.6) is 0 Å². The SMILES string of the molecule is C#Cc1ccc(CC(=O)CC2C[C@@H]3CC(c4ccnc5ccc(F)cc45)C[C@@H]3C2)cn1. The lowest BCUT2D eigenvalue weighted by Gasteiger charge is -2.16. The first-order valence-electron chi connectivity index (χ1n) is 11.1. The summed E-state index contributed by atoms with van der Waals surface area (Å²) >= 11 is 0. The van der Waals surface area contributed by atoms with Gasteiger partial charge in [-0.1, -0.05) is 12.0 Å². The van der Waals surface area contributed by atoms with Crippen LogP contribution in [0.25, 0.3) is 10.9 Å². The monoisotopic (exact) mass is 412 g/mol. The summed E-state index contributed by atoms with van der Waals surface area (Å²) in [5.74, 6) is 4.84. The molecule has 1 aromatic carbocycles. The van der Waals surface area contributed by atoms with Gasteiger partial charge in [0.25, 0.3) is 0 Å². The van der Waals surface area contributed by atoms with E-state index in [1.165, 1.54) is 11.6 Å². The molecular formula is C27H25FN2O. The van der Waals surface area contributed by atoms with Crippen LogP contribution >= 0.6 is 0 Å². The molecule has 156 valence electrons. The van der Waals surface area contributed by atoms with E-state index in [9.17, 15) is 9.18 Å². The zero-order valence-electron chi connectivity index (χ0n) is 17.4. The maximum Gasteiger partial charge on any atom is 0.137 e. The van der Waals surface area contributed by atoms with E-state index in [1.807, 2.05) is 12.3 Å². The highest BCUT2D eigenvalue weighted by atomic mass is 19.1. The molecule has 2 aliphatic carbocycles. The van der Waals surface area contributed by atoms with E-state index in [4.69, 9.17) is 6.42 Å². The number of aromatic nitrogens is 2. The molecule has 4 atom stereocenters. The number of hydrogen-bond acceptors (Lipinski definition) is 3. The number of terminal acetylenes is 1. The molecular weight excluding hydrogens is 387 g/mol. The third-order valence-electron chi connectivity index (χ3n) is 7.18. The van der Waals surface area contributed by atoms with E-state index in [1.54, 1.807) is 24.4 Å². The van der Waals surface area contributed by atoms with E-state index in [0.29, 0.717) is 42.2 Å². The molecule has 0 bridgehead atoms. The van der Waals surface area contributed by atoms with Crippen LogP contribution in [-0.2, 0) is 11.2 Å². The van der Waals surface area contributed by atoms with Crippen molar-refractivity contribution in [2.75, 3.05) is 0 Å². The lowest BCUT2D eigenvalue weighted by atomic mass is 9.89.